The predicted molar refractivity (Wildman–Crippen MR) is 91.9 cm³/mol. The van der Waals surface area contributed by atoms with Crippen LogP contribution in [0.4, 0.5) is 5.69 Å². The Balaban J connectivity index is 1.48. The number of nitrogens with zero attached hydrogens (tertiary/aromatic N) is 2. The number of anilines is 1. The molecule has 7 heteroatoms. The Morgan fingerprint density at radius 2 is 2.04 bits per heavy atom. The molecule has 1 saturated heterocycles. The van der Waals surface area contributed by atoms with E-state index >= 15 is 0 Å². The molecule has 134 valence electrons. The fourth-order valence-corrected chi connectivity index (χ4v) is 3.34. The van der Waals surface area contributed by atoms with E-state index in [9.17, 15) is 19.5 Å². The van der Waals surface area contributed by atoms with Crippen LogP contribution >= 0.6 is 0 Å². The molecule has 1 aromatic rings. The van der Waals surface area contributed by atoms with Crippen molar-refractivity contribution in [1.82, 2.24) is 10.2 Å². The number of carbonyl (C=O) groups excluding carboxylic acids is 3. The van der Waals surface area contributed by atoms with Gasteiger partial charge in [-0.1, -0.05) is 18.2 Å². The molecule has 0 spiro atoms. The minimum absolute atomic E-state index is 0.0290. The SMILES string of the molecule is O=C(CN1CCCCC(O)C1=O)NCCN1C(=O)Cc2ccccc21. The van der Waals surface area contributed by atoms with Gasteiger partial charge in [0, 0.05) is 25.3 Å². The number of fused-ring (bicyclic) bond motifs is 1. The highest BCUT2D eigenvalue weighted by molar-refractivity contribution is 6.01. The fourth-order valence-electron chi connectivity index (χ4n) is 3.34. The van der Waals surface area contributed by atoms with Gasteiger partial charge in [-0.25, -0.2) is 0 Å². The minimum atomic E-state index is -1.01. The lowest BCUT2D eigenvalue weighted by atomic mass is 10.2. The summed E-state index contributed by atoms with van der Waals surface area (Å²) in [7, 11) is 0. The minimum Gasteiger partial charge on any atom is -0.383 e. The lowest BCUT2D eigenvalue weighted by molar-refractivity contribution is -0.142. The number of aliphatic hydroxyl groups is 1. The first kappa shape index (κ1) is 17.4. The van der Waals surface area contributed by atoms with Crippen LogP contribution in [-0.4, -0.2) is 60.0 Å². The van der Waals surface area contributed by atoms with Gasteiger partial charge in [-0.15, -0.1) is 0 Å². The highest BCUT2D eigenvalue weighted by Gasteiger charge is 2.28. The zero-order valence-corrected chi connectivity index (χ0v) is 14.1. The second-order valence-electron chi connectivity index (χ2n) is 6.47. The van der Waals surface area contributed by atoms with Crippen molar-refractivity contribution in [1.29, 1.82) is 0 Å². The number of benzene rings is 1. The van der Waals surface area contributed by atoms with Crippen LogP contribution in [0.25, 0.3) is 0 Å². The molecule has 3 rings (SSSR count). The highest BCUT2D eigenvalue weighted by Crippen LogP contribution is 2.27. The first-order valence-electron chi connectivity index (χ1n) is 8.68. The van der Waals surface area contributed by atoms with Crippen LogP contribution < -0.4 is 10.2 Å². The largest absolute Gasteiger partial charge is 0.383 e. The second kappa shape index (κ2) is 7.65. The van der Waals surface area contributed by atoms with Crippen LogP contribution in [0.5, 0.6) is 0 Å². The summed E-state index contributed by atoms with van der Waals surface area (Å²) in [6, 6.07) is 7.63. The number of amides is 3. The summed E-state index contributed by atoms with van der Waals surface area (Å²) in [5.74, 6) is -0.625. The Bertz CT molecular complexity index is 676. The normalized spacial score (nSPS) is 20.4. The third-order valence-corrected chi connectivity index (χ3v) is 4.67. The number of carbonyl (C=O) groups is 3. The van der Waals surface area contributed by atoms with E-state index in [0.29, 0.717) is 32.5 Å². The van der Waals surface area contributed by atoms with Gasteiger partial charge in [-0.3, -0.25) is 14.4 Å². The lowest BCUT2D eigenvalue weighted by Gasteiger charge is -2.22. The van der Waals surface area contributed by atoms with Crippen molar-refractivity contribution in [2.45, 2.75) is 31.8 Å². The van der Waals surface area contributed by atoms with E-state index in [1.807, 2.05) is 24.3 Å². The maximum atomic E-state index is 12.1. The van der Waals surface area contributed by atoms with Gasteiger partial charge in [0.15, 0.2) is 0 Å². The van der Waals surface area contributed by atoms with Gasteiger partial charge in [-0.05, 0) is 30.9 Å². The van der Waals surface area contributed by atoms with E-state index in [4.69, 9.17) is 0 Å². The molecule has 2 aliphatic heterocycles. The lowest BCUT2D eigenvalue weighted by Crippen LogP contribution is -2.45. The molecule has 7 nitrogen and oxygen atoms in total. The van der Waals surface area contributed by atoms with Gasteiger partial charge in [0.25, 0.3) is 5.91 Å². The molecule has 2 heterocycles. The molecule has 1 fully saturated rings. The van der Waals surface area contributed by atoms with E-state index in [0.717, 1.165) is 24.1 Å². The average Bonchev–Trinajstić information content (AvgIpc) is 2.83. The maximum Gasteiger partial charge on any atom is 0.251 e. The smallest absolute Gasteiger partial charge is 0.251 e. The summed E-state index contributed by atoms with van der Waals surface area (Å²) < 4.78 is 0. The molecule has 0 saturated carbocycles. The molecule has 1 atom stereocenters. The summed E-state index contributed by atoms with van der Waals surface area (Å²) in [5.41, 5.74) is 1.90. The Hall–Kier alpha value is -2.41. The van der Waals surface area contributed by atoms with E-state index < -0.39 is 6.10 Å². The number of nitrogens with one attached hydrogen (secondary N) is 1. The van der Waals surface area contributed by atoms with Crippen LogP contribution in [0.1, 0.15) is 24.8 Å². The number of hydrogen-bond acceptors (Lipinski definition) is 4. The summed E-state index contributed by atoms with van der Waals surface area (Å²) >= 11 is 0. The monoisotopic (exact) mass is 345 g/mol. The van der Waals surface area contributed by atoms with Gasteiger partial charge in [0.1, 0.15) is 6.10 Å². The topological polar surface area (TPSA) is 89.9 Å². The van der Waals surface area contributed by atoms with E-state index in [-0.39, 0.29) is 24.3 Å². The van der Waals surface area contributed by atoms with Crippen LogP contribution in [0, 0.1) is 0 Å². The number of hydrogen-bond donors (Lipinski definition) is 2. The first-order valence-corrected chi connectivity index (χ1v) is 8.68. The molecule has 0 aromatic heterocycles. The third-order valence-electron chi connectivity index (χ3n) is 4.67. The standard InChI is InChI=1S/C18H23N3O4/c22-15-7-3-4-9-20(18(15)25)12-16(23)19-8-10-21-14-6-2-1-5-13(14)11-17(21)24/h1-2,5-6,15,22H,3-4,7-12H2,(H,19,23). The zero-order chi connectivity index (χ0) is 17.8. The third kappa shape index (κ3) is 3.99. The molecule has 0 bridgehead atoms. The quantitative estimate of drug-likeness (QED) is 0.790. The van der Waals surface area contributed by atoms with Crippen molar-refractivity contribution in [3.63, 3.8) is 0 Å². The maximum absolute atomic E-state index is 12.1. The Morgan fingerprint density at radius 1 is 1.24 bits per heavy atom. The molecule has 1 aromatic carbocycles. The summed E-state index contributed by atoms with van der Waals surface area (Å²) in [4.78, 5) is 39.2. The first-order chi connectivity index (χ1) is 12.1. The van der Waals surface area contributed by atoms with Crippen molar-refractivity contribution in [3.8, 4) is 0 Å². The van der Waals surface area contributed by atoms with Crippen molar-refractivity contribution in [2.75, 3.05) is 31.1 Å². The highest BCUT2D eigenvalue weighted by atomic mass is 16.3. The van der Waals surface area contributed by atoms with Gasteiger partial charge in [0.05, 0.1) is 13.0 Å². The number of para-hydroxylation sites is 1. The summed E-state index contributed by atoms with van der Waals surface area (Å²) in [5, 5.41) is 12.5. The average molecular weight is 345 g/mol. The van der Waals surface area contributed by atoms with Crippen LogP contribution in [0.15, 0.2) is 24.3 Å². The molecule has 1 unspecified atom stereocenters. The van der Waals surface area contributed by atoms with E-state index in [1.165, 1.54) is 4.90 Å². The van der Waals surface area contributed by atoms with Crippen LogP contribution in [0.2, 0.25) is 0 Å². The molecule has 0 radical (unpaired) electrons. The summed E-state index contributed by atoms with van der Waals surface area (Å²) in [6.07, 6.45) is 1.41. The molecule has 2 aliphatic rings. The van der Waals surface area contributed by atoms with Gasteiger partial charge in [-0.2, -0.15) is 0 Å². The van der Waals surface area contributed by atoms with Crippen molar-refractivity contribution in [3.05, 3.63) is 29.8 Å². The van der Waals surface area contributed by atoms with E-state index in [2.05, 4.69) is 5.32 Å². The fraction of sp³-hybridized carbons (Fsp3) is 0.500. The van der Waals surface area contributed by atoms with Crippen LogP contribution in [-0.2, 0) is 20.8 Å². The molecule has 2 N–H and O–H groups in total. The molecular formula is C18H23N3O4. The van der Waals surface area contributed by atoms with Crippen molar-refractivity contribution < 1.29 is 19.5 Å². The number of rotatable bonds is 5. The molecular weight excluding hydrogens is 322 g/mol. The second-order valence-corrected chi connectivity index (χ2v) is 6.47. The Morgan fingerprint density at radius 3 is 2.88 bits per heavy atom. The zero-order valence-electron chi connectivity index (χ0n) is 14.1. The summed E-state index contributed by atoms with van der Waals surface area (Å²) in [6.45, 7) is 1.16. The van der Waals surface area contributed by atoms with E-state index in [1.54, 1.807) is 4.90 Å². The molecule has 25 heavy (non-hydrogen) atoms. The Labute approximate surface area is 146 Å². The molecule has 3 amide bonds. The van der Waals surface area contributed by atoms with Crippen LogP contribution in [0.3, 0.4) is 0 Å². The van der Waals surface area contributed by atoms with Gasteiger partial charge < -0.3 is 20.2 Å². The Kier molecular flexibility index (Phi) is 5.33. The van der Waals surface area contributed by atoms with Gasteiger partial charge in [0.2, 0.25) is 11.8 Å². The molecule has 0 aliphatic carbocycles. The number of likely N-dealkylation sites (tertiary alicyclic amines) is 1. The van der Waals surface area contributed by atoms with Crippen molar-refractivity contribution in [2.24, 2.45) is 0 Å². The van der Waals surface area contributed by atoms with Gasteiger partial charge >= 0.3 is 0 Å². The number of aliphatic hydroxyl groups excluding tert-OH is 1. The van der Waals surface area contributed by atoms with Crippen molar-refractivity contribution >= 4 is 23.4 Å². The predicted octanol–water partition coefficient (Wildman–Crippen LogP) is 0.0653.